The normalized spacial score (nSPS) is 12.7. The standard InChI is InChI=1S/C55H30N4/c1-2-14-34(15-3-1)57-46-23-9-8-18-37(46)44-29-33(25-27-47(44)57)43-28-32-13-5-6-16-35(32)49-41-21-11-22-42-50-48(58(53(41)42)54(43)49)30-45-39-20-10-19-38-40-26-24-31-12-4-7-17-36(31)51(40)59(52(38)39)55(45)56-50/h1-30H. The molecule has 0 spiro atoms. The first-order valence-corrected chi connectivity index (χ1v) is 20.4. The van der Waals surface area contributed by atoms with Gasteiger partial charge in [0.05, 0.1) is 44.1 Å². The summed E-state index contributed by atoms with van der Waals surface area (Å²) in [6.45, 7) is 0. The highest BCUT2D eigenvalue weighted by molar-refractivity contribution is 6.33. The predicted octanol–water partition coefficient (Wildman–Crippen LogP) is 14.5. The summed E-state index contributed by atoms with van der Waals surface area (Å²) in [7, 11) is 0. The van der Waals surface area contributed by atoms with Crippen LogP contribution >= 0.6 is 0 Å². The summed E-state index contributed by atoms with van der Waals surface area (Å²) in [5, 5.41) is 16.2. The molecule has 0 unspecified atom stereocenters. The molecule has 0 atom stereocenters. The molecular weight excluding hydrogens is 717 g/mol. The first kappa shape index (κ1) is 30.2. The number of nitrogens with zero attached hydrogens (tertiary/aromatic N) is 4. The second-order valence-corrected chi connectivity index (χ2v) is 16.3. The van der Waals surface area contributed by atoms with Crippen molar-refractivity contribution in [2.24, 2.45) is 0 Å². The maximum absolute atomic E-state index is 5.73. The number of hydrogen-bond acceptors (Lipinski definition) is 1. The Hall–Kier alpha value is -7.95. The topological polar surface area (TPSA) is 26.6 Å². The third-order valence-electron chi connectivity index (χ3n) is 13.4. The smallest absolute Gasteiger partial charge is 0.146 e. The summed E-state index contributed by atoms with van der Waals surface area (Å²) in [5.41, 5.74) is 14.1. The predicted molar refractivity (Wildman–Crippen MR) is 248 cm³/mol. The van der Waals surface area contributed by atoms with E-state index in [0.29, 0.717) is 0 Å². The Morgan fingerprint density at radius 3 is 1.86 bits per heavy atom. The minimum atomic E-state index is 1.01. The van der Waals surface area contributed by atoms with Crippen molar-refractivity contribution in [3.8, 4) is 16.8 Å². The van der Waals surface area contributed by atoms with Gasteiger partial charge < -0.3 is 8.97 Å². The van der Waals surface area contributed by atoms with E-state index in [4.69, 9.17) is 4.98 Å². The van der Waals surface area contributed by atoms with Gasteiger partial charge in [0, 0.05) is 65.1 Å². The zero-order chi connectivity index (χ0) is 38.1. The number of fused-ring (bicyclic) bond motifs is 19. The molecule has 9 aromatic carbocycles. The van der Waals surface area contributed by atoms with E-state index in [1.54, 1.807) is 0 Å². The van der Waals surface area contributed by atoms with E-state index in [9.17, 15) is 0 Å². The molecule has 4 heteroatoms. The van der Waals surface area contributed by atoms with E-state index < -0.39 is 0 Å². The summed E-state index contributed by atoms with van der Waals surface area (Å²) in [6, 6.07) is 67.2. The van der Waals surface area contributed by atoms with E-state index in [0.717, 1.165) is 16.7 Å². The fraction of sp³-hybridized carbons (Fsp3) is 0. The zero-order valence-corrected chi connectivity index (χ0v) is 31.6. The molecule has 0 saturated heterocycles. The fourth-order valence-electron chi connectivity index (χ4n) is 11.1. The van der Waals surface area contributed by atoms with Gasteiger partial charge >= 0.3 is 0 Å². The van der Waals surface area contributed by atoms with Crippen molar-refractivity contribution < 1.29 is 0 Å². The second-order valence-electron chi connectivity index (χ2n) is 16.3. The van der Waals surface area contributed by atoms with Crippen LogP contribution in [0, 0.1) is 0 Å². The molecule has 6 aromatic heterocycles. The highest BCUT2D eigenvalue weighted by Crippen LogP contribution is 2.48. The Morgan fingerprint density at radius 1 is 0.339 bits per heavy atom. The van der Waals surface area contributed by atoms with Gasteiger partial charge in [0.15, 0.2) is 0 Å². The molecule has 0 aliphatic heterocycles. The van der Waals surface area contributed by atoms with Crippen LogP contribution in [0.4, 0.5) is 0 Å². The van der Waals surface area contributed by atoms with Gasteiger partial charge in [0.1, 0.15) is 5.65 Å². The summed E-state index contributed by atoms with van der Waals surface area (Å²) in [6.07, 6.45) is 0. The third kappa shape index (κ3) is 3.60. The molecule has 59 heavy (non-hydrogen) atoms. The molecule has 0 bridgehead atoms. The van der Waals surface area contributed by atoms with Crippen LogP contribution < -0.4 is 0 Å². The Balaban J connectivity index is 1.11. The maximum Gasteiger partial charge on any atom is 0.146 e. The fourth-order valence-corrected chi connectivity index (χ4v) is 11.1. The van der Waals surface area contributed by atoms with E-state index in [-0.39, 0.29) is 0 Å². The molecule has 0 radical (unpaired) electrons. The van der Waals surface area contributed by atoms with Crippen LogP contribution in [-0.2, 0) is 0 Å². The van der Waals surface area contributed by atoms with Crippen molar-refractivity contribution in [3.63, 3.8) is 0 Å². The molecule has 0 fully saturated rings. The maximum atomic E-state index is 5.73. The minimum absolute atomic E-state index is 1.01. The van der Waals surface area contributed by atoms with Gasteiger partial charge in [-0.05, 0) is 64.2 Å². The lowest BCUT2D eigenvalue weighted by Crippen LogP contribution is -1.93. The van der Waals surface area contributed by atoms with Crippen molar-refractivity contribution in [2.45, 2.75) is 0 Å². The summed E-state index contributed by atoms with van der Waals surface area (Å²) < 4.78 is 7.39. The molecule has 15 rings (SSSR count). The van der Waals surface area contributed by atoms with Gasteiger partial charge in [-0.3, -0.25) is 4.40 Å². The first-order chi connectivity index (χ1) is 29.3. The minimum Gasteiger partial charge on any atom is -0.309 e. The van der Waals surface area contributed by atoms with Crippen molar-refractivity contribution >= 4 is 120 Å². The number of aromatic nitrogens is 4. The molecule has 0 aliphatic rings. The van der Waals surface area contributed by atoms with Gasteiger partial charge in [0.2, 0.25) is 0 Å². The van der Waals surface area contributed by atoms with Crippen LogP contribution in [0.1, 0.15) is 0 Å². The SMILES string of the molecule is c1ccc(-n2c3ccccc3c3cc(-c4cc5ccccc5c5c6cccc7c8nc9c(cc8n(c45)c76)c4cccc5c6ccc7ccccc7c6n9c45)ccc32)cc1. The highest BCUT2D eigenvalue weighted by Gasteiger charge is 2.26. The van der Waals surface area contributed by atoms with Gasteiger partial charge in [-0.15, -0.1) is 0 Å². The van der Waals surface area contributed by atoms with Crippen LogP contribution in [0.5, 0.6) is 0 Å². The van der Waals surface area contributed by atoms with Crippen molar-refractivity contribution in [3.05, 3.63) is 182 Å². The first-order valence-electron chi connectivity index (χ1n) is 20.4. The average molecular weight is 747 g/mol. The largest absolute Gasteiger partial charge is 0.309 e. The van der Waals surface area contributed by atoms with E-state index in [1.165, 1.54) is 120 Å². The molecule has 4 nitrogen and oxygen atoms in total. The second kappa shape index (κ2) is 10.5. The Kier molecular flexibility index (Phi) is 5.38. The van der Waals surface area contributed by atoms with Crippen LogP contribution in [0.2, 0.25) is 0 Å². The summed E-state index contributed by atoms with van der Waals surface area (Å²) in [5.74, 6) is 0. The van der Waals surface area contributed by atoms with Gasteiger partial charge in [-0.25, -0.2) is 4.98 Å². The lowest BCUT2D eigenvalue weighted by Gasteiger charge is -2.11. The molecule has 0 saturated carbocycles. The Labute approximate surface area is 335 Å². The molecule has 0 N–H and O–H groups in total. The van der Waals surface area contributed by atoms with Crippen molar-refractivity contribution in [1.82, 2.24) is 18.4 Å². The molecule has 15 aromatic rings. The zero-order valence-electron chi connectivity index (χ0n) is 31.6. The average Bonchev–Trinajstić information content (AvgIpc) is 4.09. The lowest BCUT2D eigenvalue weighted by atomic mass is 9.95. The highest BCUT2D eigenvalue weighted by atomic mass is 15.0. The number of benzene rings is 9. The van der Waals surface area contributed by atoms with Gasteiger partial charge in [-0.1, -0.05) is 140 Å². The van der Waals surface area contributed by atoms with Gasteiger partial charge in [0.25, 0.3) is 0 Å². The van der Waals surface area contributed by atoms with Crippen LogP contribution in [0.25, 0.3) is 137 Å². The van der Waals surface area contributed by atoms with E-state index in [1.807, 2.05) is 0 Å². The molecule has 0 amide bonds. The van der Waals surface area contributed by atoms with Crippen LogP contribution in [-0.4, -0.2) is 18.4 Å². The van der Waals surface area contributed by atoms with E-state index >= 15 is 0 Å². The number of hydrogen-bond donors (Lipinski definition) is 0. The van der Waals surface area contributed by atoms with Gasteiger partial charge in [-0.2, -0.15) is 0 Å². The van der Waals surface area contributed by atoms with Crippen molar-refractivity contribution in [2.75, 3.05) is 0 Å². The molecule has 0 aliphatic carbocycles. The van der Waals surface area contributed by atoms with Crippen LogP contribution in [0.3, 0.4) is 0 Å². The van der Waals surface area contributed by atoms with Crippen molar-refractivity contribution in [1.29, 1.82) is 0 Å². The quantitative estimate of drug-likeness (QED) is 0.173. The Bertz CT molecular complexity index is 4300. The molecule has 6 heterocycles. The van der Waals surface area contributed by atoms with Crippen LogP contribution in [0.15, 0.2) is 182 Å². The third-order valence-corrected chi connectivity index (χ3v) is 13.4. The molecular formula is C55H30N4. The number of para-hydroxylation sites is 4. The summed E-state index contributed by atoms with van der Waals surface area (Å²) in [4.78, 5) is 5.73. The van der Waals surface area contributed by atoms with E-state index in [2.05, 4.69) is 195 Å². The molecule has 270 valence electrons. The number of rotatable bonds is 2. The lowest BCUT2D eigenvalue weighted by molar-refractivity contribution is 1.18. The summed E-state index contributed by atoms with van der Waals surface area (Å²) >= 11 is 0. The number of pyridine rings is 1. The Morgan fingerprint density at radius 2 is 0.983 bits per heavy atom. The monoisotopic (exact) mass is 746 g/mol.